The van der Waals surface area contributed by atoms with Gasteiger partial charge in [-0.05, 0) is 36.6 Å². The highest BCUT2D eigenvalue weighted by atomic mass is 19.1. The summed E-state index contributed by atoms with van der Waals surface area (Å²) in [6.45, 7) is 5.41. The fourth-order valence-electron chi connectivity index (χ4n) is 1.29. The third kappa shape index (κ3) is 2.63. The van der Waals surface area contributed by atoms with Crippen LogP contribution in [-0.2, 0) is 0 Å². The lowest BCUT2D eigenvalue weighted by Crippen LogP contribution is -2.35. The third-order valence-electron chi connectivity index (χ3n) is 2.46. The summed E-state index contributed by atoms with van der Waals surface area (Å²) >= 11 is 0. The molecule has 1 aromatic carbocycles. The molecule has 3 heteroatoms. The predicted octanol–water partition coefficient (Wildman–Crippen LogP) is 2.30. The molecular formula is C12H16FNO. The van der Waals surface area contributed by atoms with Crippen LogP contribution in [0.1, 0.15) is 29.8 Å². The number of Topliss-reactive ketones (excluding diaryl/α,β-unsaturated/α-hetero) is 1. The van der Waals surface area contributed by atoms with E-state index in [0.29, 0.717) is 11.1 Å². The number of hydrogen-bond donors (Lipinski definition) is 1. The van der Waals surface area contributed by atoms with Gasteiger partial charge in [0.15, 0.2) is 5.78 Å². The summed E-state index contributed by atoms with van der Waals surface area (Å²) in [6.07, 6.45) is 0. The van der Waals surface area contributed by atoms with E-state index in [1.165, 1.54) is 12.1 Å². The van der Waals surface area contributed by atoms with Gasteiger partial charge < -0.3 is 5.73 Å². The van der Waals surface area contributed by atoms with E-state index in [1.807, 2.05) is 13.8 Å². The first kappa shape index (κ1) is 11.9. The van der Waals surface area contributed by atoms with Crippen LogP contribution in [0.5, 0.6) is 0 Å². The number of hydrogen-bond acceptors (Lipinski definition) is 2. The van der Waals surface area contributed by atoms with Crippen LogP contribution in [-0.4, -0.2) is 11.8 Å². The minimum absolute atomic E-state index is 0.0860. The molecule has 0 aliphatic carbocycles. The molecule has 0 bridgehead atoms. The average Bonchev–Trinajstić information content (AvgIpc) is 2.19. The van der Waals surface area contributed by atoms with Gasteiger partial charge in [0, 0.05) is 5.56 Å². The number of carbonyl (C=O) groups excluding carboxylic acids is 1. The van der Waals surface area contributed by atoms with Gasteiger partial charge >= 0.3 is 0 Å². The highest BCUT2D eigenvalue weighted by molar-refractivity contribution is 6.00. The van der Waals surface area contributed by atoms with Crippen LogP contribution in [0.2, 0.25) is 0 Å². The van der Waals surface area contributed by atoms with E-state index in [0.717, 1.165) is 0 Å². The molecule has 0 amide bonds. The number of benzene rings is 1. The lowest BCUT2D eigenvalue weighted by Gasteiger charge is -2.14. The standard InChI is InChI=1S/C12H16FNO/c1-7(2)11(14)12(15)9-4-5-10(13)8(3)6-9/h4-7,11H,14H2,1-3H3. The van der Waals surface area contributed by atoms with E-state index in [1.54, 1.807) is 13.0 Å². The second-order valence-electron chi connectivity index (χ2n) is 4.10. The Bertz CT molecular complexity index is 374. The summed E-state index contributed by atoms with van der Waals surface area (Å²) in [5.74, 6) is -0.347. The lowest BCUT2D eigenvalue weighted by molar-refractivity contribution is 0.0940. The molecule has 15 heavy (non-hydrogen) atoms. The van der Waals surface area contributed by atoms with Crippen molar-refractivity contribution in [1.82, 2.24) is 0 Å². The Hall–Kier alpha value is -1.22. The molecule has 0 radical (unpaired) electrons. The van der Waals surface area contributed by atoms with Gasteiger partial charge in [-0.25, -0.2) is 4.39 Å². The Labute approximate surface area is 89.3 Å². The van der Waals surface area contributed by atoms with Crippen molar-refractivity contribution in [3.05, 3.63) is 35.1 Å². The van der Waals surface area contributed by atoms with Crippen LogP contribution in [0.25, 0.3) is 0 Å². The zero-order valence-corrected chi connectivity index (χ0v) is 9.25. The predicted molar refractivity (Wildman–Crippen MR) is 58.3 cm³/mol. The van der Waals surface area contributed by atoms with Gasteiger partial charge in [0.05, 0.1) is 6.04 Å². The van der Waals surface area contributed by atoms with Crippen LogP contribution < -0.4 is 5.73 Å². The highest BCUT2D eigenvalue weighted by Gasteiger charge is 2.19. The normalized spacial score (nSPS) is 12.9. The van der Waals surface area contributed by atoms with Gasteiger partial charge in [0.25, 0.3) is 0 Å². The van der Waals surface area contributed by atoms with Crippen LogP contribution in [0.4, 0.5) is 4.39 Å². The maximum atomic E-state index is 13.0. The smallest absolute Gasteiger partial charge is 0.179 e. The van der Waals surface area contributed by atoms with E-state index in [9.17, 15) is 9.18 Å². The number of aryl methyl sites for hydroxylation is 1. The van der Waals surface area contributed by atoms with Crippen molar-refractivity contribution in [2.75, 3.05) is 0 Å². The van der Waals surface area contributed by atoms with Crippen LogP contribution in [0.3, 0.4) is 0 Å². The van der Waals surface area contributed by atoms with E-state index in [4.69, 9.17) is 5.73 Å². The largest absolute Gasteiger partial charge is 0.321 e. The fraction of sp³-hybridized carbons (Fsp3) is 0.417. The molecule has 2 N–H and O–H groups in total. The second-order valence-corrected chi connectivity index (χ2v) is 4.10. The monoisotopic (exact) mass is 209 g/mol. The van der Waals surface area contributed by atoms with E-state index in [2.05, 4.69) is 0 Å². The third-order valence-corrected chi connectivity index (χ3v) is 2.46. The molecule has 1 atom stereocenters. The van der Waals surface area contributed by atoms with Crippen LogP contribution in [0.15, 0.2) is 18.2 Å². The minimum atomic E-state index is -0.519. The zero-order chi connectivity index (χ0) is 11.6. The topological polar surface area (TPSA) is 43.1 Å². The average molecular weight is 209 g/mol. The number of halogens is 1. The van der Waals surface area contributed by atoms with Gasteiger partial charge in [-0.15, -0.1) is 0 Å². The second kappa shape index (κ2) is 4.53. The summed E-state index contributed by atoms with van der Waals surface area (Å²) in [7, 11) is 0. The number of carbonyl (C=O) groups is 1. The maximum Gasteiger partial charge on any atom is 0.179 e. The summed E-state index contributed by atoms with van der Waals surface area (Å²) in [5.41, 5.74) is 6.69. The molecule has 1 unspecified atom stereocenters. The molecule has 0 saturated carbocycles. The number of rotatable bonds is 3. The Kier molecular flexibility index (Phi) is 3.58. The molecule has 2 nitrogen and oxygen atoms in total. The molecular weight excluding hydrogens is 193 g/mol. The van der Waals surface area contributed by atoms with Gasteiger partial charge in [0.2, 0.25) is 0 Å². The molecule has 0 spiro atoms. The molecule has 0 fully saturated rings. The van der Waals surface area contributed by atoms with Gasteiger partial charge in [-0.2, -0.15) is 0 Å². The Morgan fingerprint density at radius 3 is 2.47 bits per heavy atom. The summed E-state index contributed by atoms with van der Waals surface area (Å²) < 4.78 is 13.0. The summed E-state index contributed by atoms with van der Waals surface area (Å²) in [4.78, 5) is 11.8. The molecule has 1 rings (SSSR count). The molecule has 1 aromatic rings. The molecule has 0 saturated heterocycles. The Balaban J connectivity index is 2.97. The summed E-state index contributed by atoms with van der Waals surface area (Å²) in [5, 5.41) is 0. The van der Waals surface area contributed by atoms with Crippen molar-refractivity contribution < 1.29 is 9.18 Å². The van der Waals surface area contributed by atoms with E-state index >= 15 is 0 Å². The maximum absolute atomic E-state index is 13.0. The quantitative estimate of drug-likeness (QED) is 0.776. The van der Waals surface area contributed by atoms with Crippen molar-refractivity contribution in [2.24, 2.45) is 11.7 Å². The molecule has 0 aromatic heterocycles. The highest BCUT2D eigenvalue weighted by Crippen LogP contribution is 2.13. The fourth-order valence-corrected chi connectivity index (χ4v) is 1.29. The Morgan fingerprint density at radius 2 is 2.00 bits per heavy atom. The van der Waals surface area contributed by atoms with Crippen molar-refractivity contribution in [3.8, 4) is 0 Å². The lowest BCUT2D eigenvalue weighted by atomic mass is 9.95. The van der Waals surface area contributed by atoms with Gasteiger partial charge in [-0.3, -0.25) is 4.79 Å². The minimum Gasteiger partial charge on any atom is -0.321 e. The Morgan fingerprint density at radius 1 is 1.40 bits per heavy atom. The van der Waals surface area contributed by atoms with Crippen molar-refractivity contribution in [3.63, 3.8) is 0 Å². The van der Waals surface area contributed by atoms with Crippen molar-refractivity contribution in [1.29, 1.82) is 0 Å². The van der Waals surface area contributed by atoms with Gasteiger partial charge in [-0.1, -0.05) is 13.8 Å². The zero-order valence-electron chi connectivity index (χ0n) is 9.25. The molecule has 0 heterocycles. The van der Waals surface area contributed by atoms with Gasteiger partial charge in [0.1, 0.15) is 5.82 Å². The van der Waals surface area contributed by atoms with Crippen LogP contribution >= 0.6 is 0 Å². The molecule has 82 valence electrons. The molecule has 0 aliphatic heterocycles. The summed E-state index contributed by atoms with van der Waals surface area (Å²) in [6, 6.07) is 3.80. The number of nitrogens with two attached hydrogens (primary N) is 1. The van der Waals surface area contributed by atoms with Crippen LogP contribution in [0, 0.1) is 18.7 Å². The van der Waals surface area contributed by atoms with Crippen molar-refractivity contribution in [2.45, 2.75) is 26.8 Å². The van der Waals surface area contributed by atoms with E-state index in [-0.39, 0.29) is 17.5 Å². The SMILES string of the molecule is Cc1cc(C(=O)C(N)C(C)C)ccc1F. The molecule has 0 aliphatic rings. The first-order chi connectivity index (χ1) is 6.93. The first-order valence-electron chi connectivity index (χ1n) is 4.99. The number of ketones is 1. The van der Waals surface area contributed by atoms with E-state index < -0.39 is 6.04 Å². The first-order valence-corrected chi connectivity index (χ1v) is 4.99. The van der Waals surface area contributed by atoms with Crippen molar-refractivity contribution >= 4 is 5.78 Å².